The Morgan fingerprint density at radius 3 is 2.56 bits per heavy atom. The van der Waals surface area contributed by atoms with Gasteiger partial charge in [0, 0.05) is 24.0 Å². The minimum absolute atomic E-state index is 0.164. The van der Waals surface area contributed by atoms with Gasteiger partial charge in [-0.3, -0.25) is 0 Å². The smallest absolute Gasteiger partial charge is 0.399 e. The molecule has 18 heavy (non-hydrogen) atoms. The highest BCUT2D eigenvalue weighted by atomic mass is 19.4. The molecule has 2 rings (SSSR count). The first-order chi connectivity index (χ1) is 8.38. The molecule has 1 aromatic rings. The number of halogens is 3. The van der Waals surface area contributed by atoms with E-state index in [4.69, 9.17) is 5.73 Å². The molecule has 1 fully saturated rings. The van der Waals surface area contributed by atoms with Crippen molar-refractivity contribution in [1.29, 1.82) is 0 Å². The molecule has 0 bridgehead atoms. The summed E-state index contributed by atoms with van der Waals surface area (Å²) in [4.78, 5) is 2.01. The number of benzene rings is 1. The van der Waals surface area contributed by atoms with E-state index in [1.165, 1.54) is 6.07 Å². The van der Waals surface area contributed by atoms with Crippen LogP contribution < -0.4 is 10.6 Å². The van der Waals surface area contributed by atoms with Gasteiger partial charge in [-0.25, -0.2) is 0 Å². The minimum atomic E-state index is -4.34. The number of hydrogen-bond acceptors (Lipinski definition) is 2. The third-order valence-electron chi connectivity index (χ3n) is 3.40. The van der Waals surface area contributed by atoms with E-state index in [1.807, 2.05) is 11.8 Å². The molecule has 1 aliphatic heterocycles. The summed E-state index contributed by atoms with van der Waals surface area (Å²) in [6.45, 7) is 2.83. The van der Waals surface area contributed by atoms with Gasteiger partial charge >= 0.3 is 6.18 Å². The van der Waals surface area contributed by atoms with E-state index in [1.54, 1.807) is 6.07 Å². The van der Waals surface area contributed by atoms with Crippen LogP contribution in [0.25, 0.3) is 0 Å². The summed E-state index contributed by atoms with van der Waals surface area (Å²) in [6.07, 6.45) is -1.19. The van der Waals surface area contributed by atoms with Crippen molar-refractivity contribution in [2.24, 2.45) is 0 Å². The normalized spacial score (nSPS) is 21.1. The van der Waals surface area contributed by atoms with E-state index in [-0.39, 0.29) is 11.7 Å². The maximum Gasteiger partial charge on any atom is 0.416 e. The maximum absolute atomic E-state index is 12.7. The Kier molecular flexibility index (Phi) is 3.41. The molecule has 0 aromatic heterocycles. The minimum Gasteiger partial charge on any atom is -0.399 e. The van der Waals surface area contributed by atoms with Crippen molar-refractivity contribution in [3.63, 3.8) is 0 Å². The van der Waals surface area contributed by atoms with Gasteiger partial charge in [0.2, 0.25) is 0 Å². The molecule has 1 atom stereocenters. The molecule has 1 saturated heterocycles. The fourth-order valence-corrected chi connectivity index (χ4v) is 2.45. The number of rotatable bonds is 1. The number of piperidine rings is 1. The molecule has 5 heteroatoms. The van der Waals surface area contributed by atoms with Gasteiger partial charge in [0.25, 0.3) is 0 Å². The molecule has 0 spiro atoms. The summed E-state index contributed by atoms with van der Waals surface area (Å²) in [6, 6.07) is 4.06. The van der Waals surface area contributed by atoms with Gasteiger partial charge in [-0.15, -0.1) is 0 Å². The molecule has 100 valence electrons. The van der Waals surface area contributed by atoms with Crippen molar-refractivity contribution in [2.75, 3.05) is 17.2 Å². The first-order valence-corrected chi connectivity index (χ1v) is 6.12. The Morgan fingerprint density at radius 2 is 1.94 bits per heavy atom. The van der Waals surface area contributed by atoms with E-state index >= 15 is 0 Å². The zero-order valence-corrected chi connectivity index (χ0v) is 10.3. The predicted molar refractivity (Wildman–Crippen MR) is 66.5 cm³/mol. The van der Waals surface area contributed by atoms with Crippen LogP contribution in [-0.2, 0) is 6.18 Å². The van der Waals surface area contributed by atoms with Crippen LogP contribution in [0.1, 0.15) is 31.7 Å². The second kappa shape index (κ2) is 4.71. The number of nitrogens with zero attached hydrogens (tertiary/aromatic N) is 1. The van der Waals surface area contributed by atoms with E-state index in [2.05, 4.69) is 0 Å². The summed E-state index contributed by atoms with van der Waals surface area (Å²) in [5.41, 5.74) is 5.65. The SMILES string of the molecule is C[C@@H]1CCCCN1c1cc(N)cc(C(F)(F)F)c1. The van der Waals surface area contributed by atoms with E-state index < -0.39 is 11.7 Å². The molecule has 1 heterocycles. The van der Waals surface area contributed by atoms with Crippen molar-refractivity contribution in [3.8, 4) is 0 Å². The molecule has 0 amide bonds. The largest absolute Gasteiger partial charge is 0.416 e. The van der Waals surface area contributed by atoms with Crippen molar-refractivity contribution < 1.29 is 13.2 Å². The molecule has 2 N–H and O–H groups in total. The Labute approximate surface area is 105 Å². The van der Waals surface area contributed by atoms with Gasteiger partial charge < -0.3 is 10.6 Å². The van der Waals surface area contributed by atoms with Gasteiger partial charge in [-0.1, -0.05) is 0 Å². The second-order valence-electron chi connectivity index (χ2n) is 4.85. The van der Waals surface area contributed by atoms with Crippen LogP contribution >= 0.6 is 0 Å². The molecular formula is C13H17F3N2. The van der Waals surface area contributed by atoms with Crippen LogP contribution in [0.3, 0.4) is 0 Å². The van der Waals surface area contributed by atoms with Crippen LogP contribution in [0.5, 0.6) is 0 Å². The van der Waals surface area contributed by atoms with E-state index in [0.717, 1.165) is 31.9 Å². The number of hydrogen-bond donors (Lipinski definition) is 1. The molecule has 1 aromatic carbocycles. The third-order valence-corrected chi connectivity index (χ3v) is 3.40. The molecule has 0 radical (unpaired) electrons. The lowest BCUT2D eigenvalue weighted by Crippen LogP contribution is -2.37. The van der Waals surface area contributed by atoms with Crippen LogP contribution in [-0.4, -0.2) is 12.6 Å². The summed E-state index contributed by atoms with van der Waals surface area (Å²) in [7, 11) is 0. The van der Waals surface area contributed by atoms with Crippen LogP contribution in [0, 0.1) is 0 Å². The standard InChI is InChI=1S/C13H17F3N2/c1-9-4-2-3-5-18(9)12-7-10(13(14,15)16)6-11(17)8-12/h6-9H,2-5,17H2,1H3/t9-/m1/s1. The average Bonchev–Trinajstić information content (AvgIpc) is 2.27. The summed E-state index contributed by atoms with van der Waals surface area (Å²) >= 11 is 0. The Bertz CT molecular complexity index is 429. The Morgan fingerprint density at radius 1 is 1.22 bits per heavy atom. The molecule has 1 aliphatic rings. The van der Waals surface area contributed by atoms with Crippen molar-refractivity contribution >= 4 is 11.4 Å². The fourth-order valence-electron chi connectivity index (χ4n) is 2.45. The predicted octanol–water partition coefficient (Wildman–Crippen LogP) is 3.67. The molecular weight excluding hydrogens is 241 g/mol. The van der Waals surface area contributed by atoms with Crippen molar-refractivity contribution in [1.82, 2.24) is 0 Å². The zero-order valence-electron chi connectivity index (χ0n) is 10.3. The molecule has 0 aliphatic carbocycles. The average molecular weight is 258 g/mol. The van der Waals surface area contributed by atoms with Crippen LogP contribution in [0.4, 0.5) is 24.5 Å². The number of anilines is 2. The lowest BCUT2D eigenvalue weighted by Gasteiger charge is -2.35. The Hall–Kier alpha value is -1.39. The molecule has 0 saturated carbocycles. The summed E-state index contributed by atoms with van der Waals surface area (Å²) < 4.78 is 38.2. The number of nitrogens with two attached hydrogens (primary N) is 1. The second-order valence-corrected chi connectivity index (χ2v) is 4.85. The van der Waals surface area contributed by atoms with Gasteiger partial charge in [-0.05, 0) is 44.4 Å². The molecule has 0 unspecified atom stereocenters. The summed E-state index contributed by atoms with van der Waals surface area (Å²) in [5.74, 6) is 0. The van der Waals surface area contributed by atoms with E-state index in [0.29, 0.717) is 5.69 Å². The van der Waals surface area contributed by atoms with Crippen molar-refractivity contribution in [2.45, 2.75) is 38.4 Å². The highest BCUT2D eigenvalue weighted by Gasteiger charge is 2.32. The quantitative estimate of drug-likeness (QED) is 0.779. The highest BCUT2D eigenvalue weighted by Crippen LogP contribution is 2.35. The third kappa shape index (κ3) is 2.71. The van der Waals surface area contributed by atoms with Crippen molar-refractivity contribution in [3.05, 3.63) is 23.8 Å². The maximum atomic E-state index is 12.7. The molecule has 2 nitrogen and oxygen atoms in total. The number of nitrogen functional groups attached to an aromatic ring is 1. The van der Waals surface area contributed by atoms with Gasteiger partial charge in [0.15, 0.2) is 0 Å². The lowest BCUT2D eigenvalue weighted by atomic mass is 10.0. The monoisotopic (exact) mass is 258 g/mol. The van der Waals surface area contributed by atoms with Gasteiger partial charge in [-0.2, -0.15) is 13.2 Å². The summed E-state index contributed by atoms with van der Waals surface area (Å²) in [5, 5.41) is 0. The Balaban J connectivity index is 2.35. The first-order valence-electron chi connectivity index (χ1n) is 6.12. The van der Waals surface area contributed by atoms with Gasteiger partial charge in [0.1, 0.15) is 0 Å². The van der Waals surface area contributed by atoms with Gasteiger partial charge in [0.05, 0.1) is 5.56 Å². The fraction of sp³-hybridized carbons (Fsp3) is 0.538. The lowest BCUT2D eigenvalue weighted by molar-refractivity contribution is -0.137. The van der Waals surface area contributed by atoms with Crippen LogP contribution in [0.2, 0.25) is 0 Å². The zero-order chi connectivity index (χ0) is 13.3. The highest BCUT2D eigenvalue weighted by molar-refractivity contribution is 5.59. The topological polar surface area (TPSA) is 29.3 Å². The van der Waals surface area contributed by atoms with Crippen LogP contribution in [0.15, 0.2) is 18.2 Å². The number of alkyl halides is 3. The first kappa shape index (κ1) is 13.1. The van der Waals surface area contributed by atoms with E-state index in [9.17, 15) is 13.2 Å².